The van der Waals surface area contributed by atoms with Gasteiger partial charge in [0.2, 0.25) is 5.95 Å². The van der Waals surface area contributed by atoms with Gasteiger partial charge in [-0.15, -0.1) is 0 Å². The molecule has 1 aromatic heterocycles. The molecule has 0 radical (unpaired) electrons. The monoisotopic (exact) mass is 519 g/mol. The van der Waals surface area contributed by atoms with E-state index < -0.39 is 23.5 Å². The van der Waals surface area contributed by atoms with Crippen LogP contribution in [-0.2, 0) is 15.0 Å². The Morgan fingerprint density at radius 3 is 2.36 bits per heavy atom. The number of imidazole rings is 1. The minimum absolute atomic E-state index is 0.0366. The topological polar surface area (TPSA) is 86.3 Å². The largest absolute Gasteiger partial charge is 0.507 e. The van der Waals surface area contributed by atoms with E-state index in [0.717, 1.165) is 16.3 Å². The first kappa shape index (κ1) is 24.6. The van der Waals surface area contributed by atoms with Gasteiger partial charge in [0.25, 0.3) is 5.78 Å². The zero-order valence-corrected chi connectivity index (χ0v) is 21.7. The first-order valence-electron chi connectivity index (χ1n) is 12.7. The van der Waals surface area contributed by atoms with Crippen molar-refractivity contribution in [2.75, 3.05) is 4.90 Å². The van der Waals surface area contributed by atoms with Gasteiger partial charge in [0.15, 0.2) is 0 Å². The molecule has 0 aliphatic carbocycles. The highest BCUT2D eigenvalue weighted by atomic mass is 19.1. The number of hydrogen-bond acceptors (Lipinski definition) is 4. The van der Waals surface area contributed by atoms with Crippen molar-refractivity contribution in [3.63, 3.8) is 0 Å². The highest BCUT2D eigenvalue weighted by molar-refractivity contribution is 6.51. The number of hydrogen-bond donors (Lipinski definition) is 2. The smallest absolute Gasteiger partial charge is 0.302 e. The van der Waals surface area contributed by atoms with Crippen molar-refractivity contribution in [1.29, 1.82) is 0 Å². The van der Waals surface area contributed by atoms with E-state index in [-0.39, 0.29) is 22.7 Å². The summed E-state index contributed by atoms with van der Waals surface area (Å²) in [6.45, 7) is 6.30. The second-order valence-corrected chi connectivity index (χ2v) is 10.8. The predicted molar refractivity (Wildman–Crippen MR) is 150 cm³/mol. The Labute approximate surface area is 224 Å². The van der Waals surface area contributed by atoms with Gasteiger partial charge in [-0.25, -0.2) is 9.37 Å². The molecular formula is C32H26FN3O3. The molecule has 1 atom stereocenters. The summed E-state index contributed by atoms with van der Waals surface area (Å²) >= 11 is 0. The van der Waals surface area contributed by atoms with Crippen LogP contribution >= 0.6 is 0 Å². The van der Waals surface area contributed by atoms with E-state index in [4.69, 9.17) is 0 Å². The molecule has 194 valence electrons. The Balaban J connectivity index is 1.56. The lowest BCUT2D eigenvalue weighted by Crippen LogP contribution is -2.30. The molecule has 7 heteroatoms. The van der Waals surface area contributed by atoms with Crippen molar-refractivity contribution >= 4 is 45.2 Å². The SMILES string of the molecule is CC(C)(C)c1ccc(C2/C(=C(\O)c3ccc4ccccc4c3)C(=O)C(=O)N2c2nc3ccc(F)cc3[nH]2)cc1. The molecule has 39 heavy (non-hydrogen) atoms. The van der Waals surface area contributed by atoms with Crippen LogP contribution in [0.25, 0.3) is 27.6 Å². The van der Waals surface area contributed by atoms with E-state index in [0.29, 0.717) is 22.2 Å². The van der Waals surface area contributed by atoms with Crippen LogP contribution in [-0.4, -0.2) is 26.8 Å². The molecule has 2 N–H and O–H groups in total. The van der Waals surface area contributed by atoms with Gasteiger partial charge in [0.1, 0.15) is 11.6 Å². The van der Waals surface area contributed by atoms with E-state index in [1.807, 2.05) is 54.6 Å². The summed E-state index contributed by atoms with van der Waals surface area (Å²) in [6.07, 6.45) is 0. The average Bonchev–Trinajstić information content (AvgIpc) is 3.45. The van der Waals surface area contributed by atoms with Crippen molar-refractivity contribution in [2.45, 2.75) is 32.2 Å². The van der Waals surface area contributed by atoms with Crippen molar-refractivity contribution in [3.05, 3.63) is 113 Å². The molecular weight excluding hydrogens is 493 g/mol. The standard InChI is InChI=1S/C32H26FN3O3/c1-32(2,3)22-12-10-19(11-13-22)27-26(28(37)21-9-8-18-6-4-5-7-20(18)16-21)29(38)30(39)36(27)31-34-24-15-14-23(33)17-25(24)35-31/h4-17,27,37H,1-3H3,(H,34,35)/b28-26+. The number of halogens is 1. The Morgan fingerprint density at radius 2 is 1.64 bits per heavy atom. The number of aliphatic hydroxyl groups excluding tert-OH is 1. The third-order valence-corrected chi connectivity index (χ3v) is 7.22. The Hall–Kier alpha value is -4.78. The molecule has 2 heterocycles. The number of aromatic amines is 1. The van der Waals surface area contributed by atoms with Gasteiger partial charge in [-0.05, 0) is 51.6 Å². The Morgan fingerprint density at radius 1 is 0.923 bits per heavy atom. The highest BCUT2D eigenvalue weighted by Gasteiger charge is 2.48. The van der Waals surface area contributed by atoms with E-state index in [1.54, 1.807) is 12.1 Å². The number of aliphatic hydroxyl groups is 1. The van der Waals surface area contributed by atoms with Crippen molar-refractivity contribution in [2.24, 2.45) is 0 Å². The first-order valence-corrected chi connectivity index (χ1v) is 12.7. The molecule has 1 saturated heterocycles. The van der Waals surface area contributed by atoms with Crippen LogP contribution in [0.3, 0.4) is 0 Å². The quantitative estimate of drug-likeness (QED) is 0.156. The van der Waals surface area contributed by atoms with Crippen molar-refractivity contribution < 1.29 is 19.1 Å². The number of anilines is 1. The lowest BCUT2D eigenvalue weighted by molar-refractivity contribution is -0.132. The number of carbonyl (C=O) groups excluding carboxylic acids is 2. The van der Waals surface area contributed by atoms with Gasteiger partial charge in [-0.3, -0.25) is 14.5 Å². The third-order valence-electron chi connectivity index (χ3n) is 7.22. The molecule has 1 unspecified atom stereocenters. The Kier molecular flexibility index (Phi) is 5.61. The molecule has 1 fully saturated rings. The van der Waals surface area contributed by atoms with Crippen molar-refractivity contribution in [3.8, 4) is 0 Å². The molecule has 0 saturated carbocycles. The van der Waals surface area contributed by atoms with Gasteiger partial charge in [0.05, 0.1) is 22.6 Å². The van der Waals surface area contributed by atoms with Gasteiger partial charge in [-0.2, -0.15) is 0 Å². The van der Waals surface area contributed by atoms with Crippen LogP contribution < -0.4 is 4.90 Å². The van der Waals surface area contributed by atoms with Crippen LogP contribution in [0.4, 0.5) is 10.3 Å². The molecule has 1 aliphatic rings. The van der Waals surface area contributed by atoms with Gasteiger partial charge in [-0.1, -0.05) is 81.4 Å². The summed E-state index contributed by atoms with van der Waals surface area (Å²) in [6, 6.07) is 23.8. The zero-order valence-electron chi connectivity index (χ0n) is 21.7. The fourth-order valence-corrected chi connectivity index (χ4v) is 5.11. The second kappa shape index (κ2) is 8.91. The number of fused-ring (bicyclic) bond motifs is 2. The summed E-state index contributed by atoms with van der Waals surface area (Å²) in [4.78, 5) is 35.8. The number of nitrogens with zero attached hydrogens (tertiary/aromatic N) is 2. The third kappa shape index (κ3) is 4.16. The molecule has 5 aromatic rings. The fourth-order valence-electron chi connectivity index (χ4n) is 5.11. The van der Waals surface area contributed by atoms with Crippen LogP contribution in [0.5, 0.6) is 0 Å². The number of benzene rings is 4. The van der Waals surface area contributed by atoms with Crippen molar-refractivity contribution in [1.82, 2.24) is 9.97 Å². The zero-order chi connectivity index (χ0) is 27.5. The maximum absolute atomic E-state index is 13.9. The van der Waals surface area contributed by atoms with Gasteiger partial charge < -0.3 is 10.1 Å². The molecule has 0 spiro atoms. The second-order valence-electron chi connectivity index (χ2n) is 10.8. The maximum atomic E-state index is 13.9. The normalized spacial score (nSPS) is 17.4. The minimum atomic E-state index is -0.948. The lowest BCUT2D eigenvalue weighted by atomic mass is 9.85. The summed E-state index contributed by atoms with van der Waals surface area (Å²) in [5, 5.41) is 13.4. The van der Waals surface area contributed by atoms with E-state index in [9.17, 15) is 19.1 Å². The lowest BCUT2D eigenvalue weighted by Gasteiger charge is -2.25. The van der Waals surface area contributed by atoms with Crippen LogP contribution in [0, 0.1) is 5.82 Å². The molecule has 1 amide bonds. The highest BCUT2D eigenvalue weighted by Crippen LogP contribution is 2.42. The van der Waals surface area contributed by atoms with E-state index in [1.165, 1.54) is 23.1 Å². The Bertz CT molecular complexity index is 1810. The summed E-state index contributed by atoms with van der Waals surface area (Å²) < 4.78 is 13.9. The number of Topliss-reactive ketones (excluding diaryl/α,β-unsaturated/α-hetero) is 1. The number of aromatic nitrogens is 2. The van der Waals surface area contributed by atoms with Gasteiger partial charge in [0, 0.05) is 5.56 Å². The number of ketones is 1. The number of rotatable bonds is 3. The van der Waals surface area contributed by atoms with Crippen LogP contribution in [0.2, 0.25) is 0 Å². The van der Waals surface area contributed by atoms with Crippen LogP contribution in [0.15, 0.2) is 90.5 Å². The maximum Gasteiger partial charge on any atom is 0.302 e. The molecule has 0 bridgehead atoms. The van der Waals surface area contributed by atoms with Crippen LogP contribution in [0.1, 0.15) is 43.5 Å². The summed E-state index contributed by atoms with van der Waals surface area (Å²) in [7, 11) is 0. The molecule has 6 nitrogen and oxygen atoms in total. The van der Waals surface area contributed by atoms with E-state index in [2.05, 4.69) is 30.7 Å². The number of amides is 1. The molecule has 4 aromatic carbocycles. The molecule has 1 aliphatic heterocycles. The molecule has 6 rings (SSSR count). The number of nitrogens with one attached hydrogen (secondary N) is 1. The minimum Gasteiger partial charge on any atom is -0.507 e. The van der Waals surface area contributed by atoms with E-state index >= 15 is 0 Å². The fraction of sp³-hybridized carbons (Fsp3) is 0.156. The predicted octanol–water partition coefficient (Wildman–Crippen LogP) is 6.78. The number of H-pyrrole nitrogens is 1. The van der Waals surface area contributed by atoms with Gasteiger partial charge >= 0.3 is 5.91 Å². The summed E-state index contributed by atoms with van der Waals surface area (Å²) in [5.74, 6) is -2.28. The first-order chi connectivity index (χ1) is 18.6. The summed E-state index contributed by atoms with van der Waals surface area (Å²) in [5.41, 5.74) is 2.84. The number of carbonyl (C=O) groups is 2. The average molecular weight is 520 g/mol.